The molecule has 0 saturated heterocycles. The van der Waals surface area contributed by atoms with E-state index in [1.165, 1.54) is 12.1 Å². The van der Waals surface area contributed by atoms with Gasteiger partial charge in [-0.3, -0.25) is 4.79 Å². The van der Waals surface area contributed by atoms with E-state index in [1.807, 2.05) is 0 Å². The molecule has 1 aromatic heterocycles. The molecule has 0 aliphatic heterocycles. The number of carbonyl (C=O) groups is 1. The molecule has 1 aliphatic rings. The minimum absolute atomic E-state index is 0.155. The molecule has 2 aromatic rings. The Morgan fingerprint density at radius 2 is 2.19 bits per heavy atom. The topological polar surface area (TPSA) is 32.9 Å². The number of hydrogen-bond donors (Lipinski definition) is 1. The van der Waals surface area contributed by atoms with Gasteiger partial charge in [0.05, 0.1) is 0 Å². The van der Waals surface area contributed by atoms with Crippen LogP contribution in [0.15, 0.2) is 24.4 Å². The lowest BCUT2D eigenvalue weighted by Crippen LogP contribution is -2.21. The van der Waals surface area contributed by atoms with Crippen molar-refractivity contribution in [3.05, 3.63) is 35.8 Å². The second-order valence-corrected chi connectivity index (χ2v) is 4.38. The molecule has 3 heteroatoms. The van der Waals surface area contributed by atoms with Gasteiger partial charge in [-0.2, -0.15) is 0 Å². The first-order chi connectivity index (χ1) is 7.75. The summed E-state index contributed by atoms with van der Waals surface area (Å²) in [5, 5.41) is 0.705. The van der Waals surface area contributed by atoms with Crippen molar-refractivity contribution in [2.24, 2.45) is 5.92 Å². The maximum Gasteiger partial charge on any atom is 0.168 e. The summed E-state index contributed by atoms with van der Waals surface area (Å²) in [6.45, 7) is 0. The van der Waals surface area contributed by atoms with Gasteiger partial charge in [-0.25, -0.2) is 4.39 Å². The van der Waals surface area contributed by atoms with Crippen molar-refractivity contribution in [2.45, 2.75) is 19.3 Å². The highest BCUT2D eigenvalue weighted by Crippen LogP contribution is 2.32. The summed E-state index contributed by atoms with van der Waals surface area (Å²) in [7, 11) is 0. The van der Waals surface area contributed by atoms with Crippen LogP contribution in [0.25, 0.3) is 10.9 Å². The molecule has 1 aliphatic carbocycles. The van der Waals surface area contributed by atoms with Gasteiger partial charge in [0.2, 0.25) is 0 Å². The molecule has 0 radical (unpaired) electrons. The van der Waals surface area contributed by atoms with Gasteiger partial charge >= 0.3 is 0 Å². The molecule has 1 N–H and O–H groups in total. The Bertz CT molecular complexity index is 554. The molecule has 2 nitrogen and oxygen atoms in total. The monoisotopic (exact) mass is 217 g/mol. The molecule has 0 atom stereocenters. The summed E-state index contributed by atoms with van der Waals surface area (Å²) in [6.07, 6.45) is 4.78. The van der Waals surface area contributed by atoms with E-state index in [1.54, 1.807) is 12.3 Å². The van der Waals surface area contributed by atoms with Crippen LogP contribution in [0.3, 0.4) is 0 Å². The highest BCUT2D eigenvalue weighted by atomic mass is 19.1. The van der Waals surface area contributed by atoms with E-state index >= 15 is 0 Å². The number of nitrogens with one attached hydrogen (secondary N) is 1. The van der Waals surface area contributed by atoms with E-state index in [9.17, 15) is 9.18 Å². The number of rotatable bonds is 2. The molecular weight excluding hydrogens is 205 g/mol. The minimum atomic E-state index is -0.297. The first-order valence-corrected chi connectivity index (χ1v) is 5.56. The zero-order valence-corrected chi connectivity index (χ0v) is 8.79. The van der Waals surface area contributed by atoms with Gasteiger partial charge in [-0.1, -0.05) is 6.42 Å². The van der Waals surface area contributed by atoms with Crippen molar-refractivity contribution in [1.82, 2.24) is 4.98 Å². The molecule has 1 heterocycles. The molecule has 0 bridgehead atoms. The van der Waals surface area contributed by atoms with Gasteiger partial charge in [0.1, 0.15) is 5.82 Å². The lowest BCUT2D eigenvalue weighted by atomic mass is 9.80. The smallest absolute Gasteiger partial charge is 0.168 e. The lowest BCUT2D eigenvalue weighted by Gasteiger charge is -2.23. The van der Waals surface area contributed by atoms with Crippen LogP contribution >= 0.6 is 0 Å². The fourth-order valence-corrected chi connectivity index (χ4v) is 2.19. The lowest BCUT2D eigenvalue weighted by molar-refractivity contribution is 0.0857. The summed E-state index contributed by atoms with van der Waals surface area (Å²) >= 11 is 0. The quantitative estimate of drug-likeness (QED) is 0.769. The Labute approximate surface area is 92.5 Å². The number of H-pyrrole nitrogens is 1. The third kappa shape index (κ3) is 1.35. The summed E-state index contributed by atoms with van der Waals surface area (Å²) in [4.78, 5) is 15.1. The van der Waals surface area contributed by atoms with Gasteiger partial charge in [0, 0.05) is 28.6 Å². The molecule has 16 heavy (non-hydrogen) atoms. The second-order valence-electron chi connectivity index (χ2n) is 4.38. The van der Waals surface area contributed by atoms with Crippen molar-refractivity contribution in [3.63, 3.8) is 0 Å². The molecule has 1 aromatic carbocycles. The van der Waals surface area contributed by atoms with Crippen molar-refractivity contribution < 1.29 is 9.18 Å². The molecule has 1 fully saturated rings. The molecule has 0 amide bonds. The minimum Gasteiger partial charge on any atom is -0.360 e. The third-order valence-electron chi connectivity index (χ3n) is 3.39. The number of fused-ring (bicyclic) bond motifs is 1. The molecule has 0 spiro atoms. The van der Waals surface area contributed by atoms with Crippen LogP contribution in [-0.4, -0.2) is 10.8 Å². The number of benzene rings is 1. The number of ketones is 1. The number of aromatic nitrogens is 1. The van der Waals surface area contributed by atoms with Crippen LogP contribution in [0.4, 0.5) is 4.39 Å². The maximum atomic E-state index is 13.1. The summed E-state index contributed by atoms with van der Waals surface area (Å²) in [5.41, 5.74) is 1.46. The van der Waals surface area contributed by atoms with Gasteiger partial charge in [0.15, 0.2) is 5.78 Å². The summed E-state index contributed by atoms with van der Waals surface area (Å²) < 4.78 is 13.1. The van der Waals surface area contributed by atoms with Crippen LogP contribution in [0.5, 0.6) is 0 Å². The highest BCUT2D eigenvalue weighted by Gasteiger charge is 2.27. The van der Waals surface area contributed by atoms with Gasteiger partial charge in [-0.15, -0.1) is 0 Å². The Morgan fingerprint density at radius 1 is 1.38 bits per heavy atom. The Hall–Kier alpha value is -1.64. The van der Waals surface area contributed by atoms with Crippen LogP contribution in [0.2, 0.25) is 0 Å². The van der Waals surface area contributed by atoms with Gasteiger partial charge < -0.3 is 4.98 Å². The van der Waals surface area contributed by atoms with Crippen LogP contribution in [-0.2, 0) is 0 Å². The molecule has 3 rings (SSSR count). The Balaban J connectivity index is 2.08. The normalized spacial score (nSPS) is 16.3. The highest BCUT2D eigenvalue weighted by molar-refractivity contribution is 6.09. The van der Waals surface area contributed by atoms with Gasteiger partial charge in [-0.05, 0) is 31.0 Å². The van der Waals surface area contributed by atoms with E-state index in [4.69, 9.17) is 0 Å². The number of Topliss-reactive ketones (excluding diaryl/α,β-unsaturated/α-hetero) is 1. The zero-order valence-electron chi connectivity index (χ0n) is 8.79. The number of aromatic amines is 1. The number of halogens is 1. The van der Waals surface area contributed by atoms with Crippen LogP contribution in [0, 0.1) is 11.7 Å². The largest absolute Gasteiger partial charge is 0.360 e. The fraction of sp³-hybridized carbons (Fsp3) is 0.308. The second kappa shape index (κ2) is 3.44. The Kier molecular flexibility index (Phi) is 2.06. The molecular formula is C13H12FNO. The SMILES string of the molecule is O=C(c1c[nH]c2ccc(F)cc12)C1CCC1. The maximum absolute atomic E-state index is 13.1. The predicted molar refractivity (Wildman–Crippen MR) is 59.9 cm³/mol. The first kappa shape index (κ1) is 9.58. The van der Waals surface area contributed by atoms with Crippen molar-refractivity contribution in [1.29, 1.82) is 0 Å². The van der Waals surface area contributed by atoms with Crippen molar-refractivity contribution >= 4 is 16.7 Å². The zero-order chi connectivity index (χ0) is 11.1. The average molecular weight is 217 g/mol. The van der Waals surface area contributed by atoms with E-state index in [2.05, 4.69) is 4.98 Å². The molecule has 82 valence electrons. The predicted octanol–water partition coefficient (Wildman–Crippen LogP) is 3.29. The van der Waals surface area contributed by atoms with Crippen LogP contribution in [0.1, 0.15) is 29.6 Å². The third-order valence-corrected chi connectivity index (χ3v) is 3.39. The summed E-state index contributed by atoms with van der Waals surface area (Å²) in [6, 6.07) is 4.50. The van der Waals surface area contributed by atoms with Crippen molar-refractivity contribution in [3.8, 4) is 0 Å². The van der Waals surface area contributed by atoms with E-state index in [0.717, 1.165) is 24.8 Å². The fourth-order valence-electron chi connectivity index (χ4n) is 2.19. The van der Waals surface area contributed by atoms with Crippen molar-refractivity contribution in [2.75, 3.05) is 0 Å². The average Bonchev–Trinajstić information content (AvgIpc) is 2.57. The number of hydrogen-bond acceptors (Lipinski definition) is 1. The number of carbonyl (C=O) groups excluding carboxylic acids is 1. The van der Waals surface area contributed by atoms with E-state index in [0.29, 0.717) is 10.9 Å². The van der Waals surface area contributed by atoms with Gasteiger partial charge in [0.25, 0.3) is 0 Å². The van der Waals surface area contributed by atoms with E-state index < -0.39 is 0 Å². The van der Waals surface area contributed by atoms with E-state index in [-0.39, 0.29) is 17.5 Å². The summed E-state index contributed by atoms with van der Waals surface area (Å²) in [5.74, 6) is 0.0140. The first-order valence-electron chi connectivity index (χ1n) is 5.56. The molecule has 1 saturated carbocycles. The standard InChI is InChI=1S/C13H12FNO/c14-9-4-5-12-10(6-9)11(7-15-12)13(16)8-2-1-3-8/h4-8,15H,1-3H2. The van der Waals surface area contributed by atoms with Crippen LogP contribution < -0.4 is 0 Å². The molecule has 0 unspecified atom stereocenters. The Morgan fingerprint density at radius 3 is 2.88 bits per heavy atom.